The first-order valence-corrected chi connectivity index (χ1v) is 11.3. The van der Waals surface area contributed by atoms with E-state index in [0.717, 1.165) is 23.3 Å². The lowest BCUT2D eigenvalue weighted by Gasteiger charge is -2.17. The number of hydrogen-bond acceptors (Lipinski definition) is 7. The number of pyridine rings is 1. The fraction of sp³-hybridized carbons (Fsp3) is 0.440. The summed E-state index contributed by atoms with van der Waals surface area (Å²) in [5.74, 6) is 0.835. The van der Waals surface area contributed by atoms with E-state index < -0.39 is 0 Å². The first-order chi connectivity index (χ1) is 16.0. The van der Waals surface area contributed by atoms with Gasteiger partial charge in [-0.2, -0.15) is 0 Å². The van der Waals surface area contributed by atoms with Crippen LogP contribution in [0.5, 0.6) is 11.6 Å². The highest BCUT2D eigenvalue weighted by atomic mass is 16.5. The SMILES string of the molecule is CC.CC/C(C)=C(/NC)c1cc(NC(=O)c2cccc(OC)c2)cnc1OCCNCCO. The van der Waals surface area contributed by atoms with Gasteiger partial charge in [0.1, 0.15) is 12.4 Å². The first kappa shape index (κ1) is 27.9. The molecule has 0 atom stereocenters. The molecule has 0 saturated carbocycles. The molecule has 1 aromatic heterocycles. The van der Waals surface area contributed by atoms with Gasteiger partial charge in [-0.05, 0) is 43.2 Å². The van der Waals surface area contributed by atoms with Crippen LogP contribution in [0.2, 0.25) is 0 Å². The van der Waals surface area contributed by atoms with Crippen LogP contribution in [0, 0.1) is 0 Å². The van der Waals surface area contributed by atoms with Crippen molar-refractivity contribution in [1.29, 1.82) is 0 Å². The van der Waals surface area contributed by atoms with E-state index in [9.17, 15) is 4.79 Å². The molecule has 1 amide bonds. The Labute approximate surface area is 197 Å². The molecule has 33 heavy (non-hydrogen) atoms. The maximum atomic E-state index is 12.7. The second-order valence-corrected chi connectivity index (χ2v) is 6.84. The number of aliphatic hydroxyl groups is 1. The van der Waals surface area contributed by atoms with Gasteiger partial charge in [0, 0.05) is 31.4 Å². The lowest BCUT2D eigenvalue weighted by atomic mass is 10.1. The van der Waals surface area contributed by atoms with Gasteiger partial charge in [0.15, 0.2) is 0 Å². The van der Waals surface area contributed by atoms with Crippen LogP contribution in [-0.2, 0) is 0 Å². The molecule has 182 valence electrons. The normalized spacial score (nSPS) is 11.0. The largest absolute Gasteiger partial charge is 0.497 e. The number of hydrogen-bond donors (Lipinski definition) is 4. The number of benzene rings is 1. The van der Waals surface area contributed by atoms with Crippen molar-refractivity contribution < 1.29 is 19.4 Å². The van der Waals surface area contributed by atoms with Crippen molar-refractivity contribution in [3.05, 3.63) is 53.2 Å². The van der Waals surface area contributed by atoms with Gasteiger partial charge >= 0.3 is 0 Å². The topological polar surface area (TPSA) is 105 Å². The molecule has 4 N–H and O–H groups in total. The van der Waals surface area contributed by atoms with Crippen LogP contribution in [0.25, 0.3) is 5.70 Å². The summed E-state index contributed by atoms with van der Waals surface area (Å²) in [4.78, 5) is 17.1. The Hall–Kier alpha value is -3.10. The van der Waals surface area contributed by atoms with E-state index in [-0.39, 0.29) is 12.5 Å². The third kappa shape index (κ3) is 8.75. The summed E-state index contributed by atoms with van der Waals surface area (Å²) in [6.45, 7) is 9.69. The van der Waals surface area contributed by atoms with Gasteiger partial charge in [-0.3, -0.25) is 4.79 Å². The number of anilines is 1. The van der Waals surface area contributed by atoms with Gasteiger partial charge in [0.25, 0.3) is 5.91 Å². The molecule has 0 bridgehead atoms. The Bertz CT molecular complexity index is 900. The zero-order valence-electron chi connectivity index (χ0n) is 20.6. The van der Waals surface area contributed by atoms with Gasteiger partial charge in [0.2, 0.25) is 5.88 Å². The number of nitrogens with one attached hydrogen (secondary N) is 3. The quantitative estimate of drug-likeness (QED) is 0.360. The fourth-order valence-corrected chi connectivity index (χ4v) is 2.96. The summed E-state index contributed by atoms with van der Waals surface area (Å²) in [5.41, 5.74) is 3.87. The minimum Gasteiger partial charge on any atom is -0.497 e. The number of carbonyl (C=O) groups excluding carboxylic acids is 1. The number of allylic oxidation sites excluding steroid dienone is 1. The molecule has 0 radical (unpaired) electrons. The Morgan fingerprint density at radius 3 is 2.58 bits per heavy atom. The Morgan fingerprint density at radius 1 is 1.18 bits per heavy atom. The van der Waals surface area contributed by atoms with Gasteiger partial charge in [-0.15, -0.1) is 0 Å². The van der Waals surface area contributed by atoms with E-state index in [1.54, 1.807) is 37.6 Å². The average Bonchev–Trinajstić information content (AvgIpc) is 2.86. The predicted octanol–water partition coefficient (Wildman–Crippen LogP) is 3.69. The molecule has 8 nitrogen and oxygen atoms in total. The van der Waals surface area contributed by atoms with E-state index in [1.165, 1.54) is 0 Å². The average molecular weight is 459 g/mol. The highest BCUT2D eigenvalue weighted by molar-refractivity contribution is 6.04. The van der Waals surface area contributed by atoms with Gasteiger partial charge < -0.3 is 30.5 Å². The van der Waals surface area contributed by atoms with E-state index in [1.807, 2.05) is 33.9 Å². The highest BCUT2D eigenvalue weighted by Crippen LogP contribution is 2.28. The van der Waals surface area contributed by atoms with Crippen molar-refractivity contribution in [2.24, 2.45) is 0 Å². The number of aliphatic hydroxyl groups excluding tert-OH is 1. The molecule has 8 heteroatoms. The van der Waals surface area contributed by atoms with Crippen molar-refractivity contribution in [2.45, 2.75) is 34.1 Å². The number of aromatic nitrogens is 1. The molecule has 1 heterocycles. The summed E-state index contributed by atoms with van der Waals surface area (Å²) in [7, 11) is 3.41. The Balaban J connectivity index is 0.00000265. The van der Waals surface area contributed by atoms with Crippen LogP contribution in [-0.4, -0.2) is 56.5 Å². The van der Waals surface area contributed by atoms with Crippen molar-refractivity contribution in [3.8, 4) is 11.6 Å². The summed E-state index contributed by atoms with van der Waals surface area (Å²) in [5, 5.41) is 18.1. The summed E-state index contributed by atoms with van der Waals surface area (Å²) in [6.07, 6.45) is 2.43. The van der Waals surface area contributed by atoms with Gasteiger partial charge in [-0.25, -0.2) is 4.98 Å². The minimum atomic E-state index is -0.254. The molecular formula is C25H38N4O4. The standard InChI is InChI=1S/C23H32N4O4.C2H6/c1-5-16(2)21(24-3)20-14-18(15-26-23(20)31-12-10-25-9-11-28)27-22(29)17-7-6-8-19(13-17)30-4;1-2/h6-8,13-15,24-25,28H,5,9-12H2,1-4H3,(H,27,29);1-2H3/b21-16+;. The Morgan fingerprint density at radius 2 is 1.94 bits per heavy atom. The van der Waals surface area contributed by atoms with Crippen LogP contribution in [0.15, 0.2) is 42.1 Å². The molecule has 0 fully saturated rings. The van der Waals surface area contributed by atoms with Crippen LogP contribution >= 0.6 is 0 Å². The van der Waals surface area contributed by atoms with Crippen molar-refractivity contribution in [3.63, 3.8) is 0 Å². The molecule has 0 spiro atoms. The molecule has 0 aliphatic heterocycles. The van der Waals surface area contributed by atoms with Crippen molar-refractivity contribution in [1.82, 2.24) is 15.6 Å². The maximum Gasteiger partial charge on any atom is 0.255 e. The minimum absolute atomic E-state index is 0.0769. The predicted molar refractivity (Wildman–Crippen MR) is 134 cm³/mol. The number of amides is 1. The van der Waals surface area contributed by atoms with Crippen molar-refractivity contribution in [2.75, 3.05) is 45.8 Å². The summed E-state index contributed by atoms with van der Waals surface area (Å²) >= 11 is 0. The smallest absolute Gasteiger partial charge is 0.255 e. The lowest BCUT2D eigenvalue weighted by molar-refractivity contribution is 0.102. The number of nitrogens with zero attached hydrogens (tertiary/aromatic N) is 1. The molecule has 0 aliphatic rings. The highest BCUT2D eigenvalue weighted by Gasteiger charge is 2.15. The van der Waals surface area contributed by atoms with Crippen LogP contribution in [0.3, 0.4) is 0 Å². The lowest BCUT2D eigenvalue weighted by Crippen LogP contribution is -2.24. The van der Waals surface area contributed by atoms with Crippen LogP contribution in [0.1, 0.15) is 50.0 Å². The molecular weight excluding hydrogens is 420 g/mol. The summed E-state index contributed by atoms with van der Waals surface area (Å²) < 4.78 is 11.1. The molecule has 1 aromatic carbocycles. The fourth-order valence-electron chi connectivity index (χ4n) is 2.96. The molecule has 2 rings (SSSR count). The van der Waals surface area contributed by atoms with Crippen LogP contribution in [0.4, 0.5) is 5.69 Å². The maximum absolute atomic E-state index is 12.7. The molecule has 2 aromatic rings. The monoisotopic (exact) mass is 458 g/mol. The van der Waals surface area contributed by atoms with Crippen molar-refractivity contribution >= 4 is 17.3 Å². The van der Waals surface area contributed by atoms with E-state index in [0.29, 0.717) is 42.6 Å². The number of rotatable bonds is 12. The second-order valence-electron chi connectivity index (χ2n) is 6.84. The number of ether oxygens (including phenoxy) is 2. The molecule has 0 unspecified atom stereocenters. The van der Waals surface area contributed by atoms with E-state index >= 15 is 0 Å². The summed E-state index contributed by atoms with van der Waals surface area (Å²) in [6, 6.07) is 8.82. The van der Waals surface area contributed by atoms with Crippen LogP contribution < -0.4 is 25.4 Å². The zero-order chi connectivity index (χ0) is 24.6. The van der Waals surface area contributed by atoms with E-state index in [2.05, 4.69) is 27.9 Å². The molecule has 0 saturated heterocycles. The van der Waals surface area contributed by atoms with Gasteiger partial charge in [-0.1, -0.05) is 26.8 Å². The zero-order valence-corrected chi connectivity index (χ0v) is 20.6. The second kappa shape index (κ2) is 15.7. The van der Waals surface area contributed by atoms with E-state index in [4.69, 9.17) is 14.6 Å². The first-order valence-electron chi connectivity index (χ1n) is 11.3. The third-order valence-corrected chi connectivity index (χ3v) is 4.72. The third-order valence-electron chi connectivity index (χ3n) is 4.72. The molecule has 0 aliphatic carbocycles. The number of methoxy groups -OCH3 is 1. The number of carbonyl (C=O) groups is 1. The Kier molecular flexibility index (Phi) is 13.3. The van der Waals surface area contributed by atoms with Gasteiger partial charge in [0.05, 0.1) is 31.2 Å².